The van der Waals surface area contributed by atoms with Crippen molar-refractivity contribution in [3.05, 3.63) is 59.1 Å². The number of anilines is 1. The van der Waals surface area contributed by atoms with Crippen molar-refractivity contribution in [2.75, 3.05) is 18.5 Å². The summed E-state index contributed by atoms with van der Waals surface area (Å²) in [6.45, 7) is 0.659. The summed E-state index contributed by atoms with van der Waals surface area (Å²) in [4.78, 5) is 0. The van der Waals surface area contributed by atoms with Crippen LogP contribution in [0.4, 0.5) is 18.9 Å². The molecular weight excluding hydrogens is 303 g/mol. The smallest absolute Gasteiger partial charge is 0.416 e. The molecule has 2 rings (SSSR count). The lowest BCUT2D eigenvalue weighted by Gasteiger charge is -2.11. The predicted molar refractivity (Wildman–Crippen MR) is 76.9 cm³/mol. The van der Waals surface area contributed by atoms with Crippen LogP contribution < -0.4 is 10.1 Å². The first-order valence-corrected chi connectivity index (χ1v) is 6.63. The van der Waals surface area contributed by atoms with Crippen molar-refractivity contribution < 1.29 is 17.9 Å². The minimum atomic E-state index is -4.34. The normalized spacial score (nSPS) is 11.2. The Balaban J connectivity index is 1.85. The molecule has 0 bridgehead atoms. The van der Waals surface area contributed by atoms with Crippen LogP contribution in [0.15, 0.2) is 48.5 Å². The van der Waals surface area contributed by atoms with Gasteiger partial charge in [-0.25, -0.2) is 0 Å². The van der Waals surface area contributed by atoms with E-state index in [9.17, 15) is 13.2 Å². The first kappa shape index (κ1) is 15.5. The van der Waals surface area contributed by atoms with Crippen LogP contribution in [-0.2, 0) is 6.18 Å². The van der Waals surface area contributed by atoms with Crippen molar-refractivity contribution in [2.45, 2.75) is 6.18 Å². The van der Waals surface area contributed by atoms with E-state index in [0.717, 1.165) is 12.1 Å². The number of rotatable bonds is 5. The maximum Gasteiger partial charge on any atom is 0.416 e. The highest BCUT2D eigenvalue weighted by Crippen LogP contribution is 2.30. The second-order valence-electron chi connectivity index (χ2n) is 4.28. The fourth-order valence-electron chi connectivity index (χ4n) is 1.72. The highest BCUT2D eigenvalue weighted by Gasteiger charge is 2.30. The fourth-order valence-corrected chi connectivity index (χ4v) is 1.91. The minimum absolute atomic E-state index is 0.292. The van der Waals surface area contributed by atoms with Gasteiger partial charge >= 0.3 is 6.18 Å². The molecule has 0 saturated carbocycles. The van der Waals surface area contributed by atoms with E-state index < -0.39 is 11.7 Å². The summed E-state index contributed by atoms with van der Waals surface area (Å²) in [6, 6.07) is 12.0. The van der Waals surface area contributed by atoms with Crippen LogP contribution in [-0.4, -0.2) is 13.2 Å². The second-order valence-corrected chi connectivity index (χ2v) is 4.69. The lowest BCUT2D eigenvalue weighted by atomic mass is 10.2. The molecule has 0 saturated heterocycles. The quantitative estimate of drug-likeness (QED) is 0.796. The van der Waals surface area contributed by atoms with Gasteiger partial charge in [-0.05, 0) is 30.3 Å². The monoisotopic (exact) mass is 315 g/mol. The van der Waals surface area contributed by atoms with Gasteiger partial charge in [0.15, 0.2) is 0 Å². The van der Waals surface area contributed by atoms with E-state index in [0.29, 0.717) is 29.6 Å². The standard InChI is InChI=1S/C15H13ClF3NO/c16-13-6-1-2-7-14(13)21-9-8-20-12-5-3-4-11(10-12)15(17,18)19/h1-7,10,20H,8-9H2. The number of para-hydroxylation sites is 1. The average Bonchev–Trinajstić information content (AvgIpc) is 2.45. The molecule has 112 valence electrons. The number of ether oxygens (including phenoxy) is 1. The van der Waals surface area contributed by atoms with Gasteiger partial charge in [-0.2, -0.15) is 13.2 Å². The number of halogens is 4. The maximum atomic E-state index is 12.6. The highest BCUT2D eigenvalue weighted by atomic mass is 35.5. The highest BCUT2D eigenvalue weighted by molar-refractivity contribution is 6.32. The van der Waals surface area contributed by atoms with Gasteiger partial charge in [-0.3, -0.25) is 0 Å². The van der Waals surface area contributed by atoms with Crippen LogP contribution in [0.2, 0.25) is 5.02 Å². The third kappa shape index (κ3) is 4.56. The summed E-state index contributed by atoms with van der Waals surface area (Å²) < 4.78 is 43.1. The molecule has 2 aromatic carbocycles. The van der Waals surface area contributed by atoms with E-state index in [-0.39, 0.29) is 0 Å². The van der Waals surface area contributed by atoms with Gasteiger partial charge in [0.05, 0.1) is 10.6 Å². The Morgan fingerprint density at radius 1 is 1.05 bits per heavy atom. The molecule has 21 heavy (non-hydrogen) atoms. The molecule has 0 atom stereocenters. The third-order valence-corrected chi connectivity index (χ3v) is 3.03. The van der Waals surface area contributed by atoms with Crippen LogP contribution in [0.25, 0.3) is 0 Å². The Labute approximate surface area is 125 Å². The molecular formula is C15H13ClF3NO. The van der Waals surface area contributed by atoms with Crippen LogP contribution in [0, 0.1) is 0 Å². The lowest BCUT2D eigenvalue weighted by Crippen LogP contribution is -2.12. The number of hydrogen-bond acceptors (Lipinski definition) is 2. The molecule has 0 amide bonds. The summed E-state index contributed by atoms with van der Waals surface area (Å²) in [5, 5.41) is 3.38. The van der Waals surface area contributed by atoms with Gasteiger partial charge < -0.3 is 10.1 Å². The first-order valence-electron chi connectivity index (χ1n) is 6.25. The molecule has 6 heteroatoms. The molecule has 0 aromatic heterocycles. The summed E-state index contributed by atoms with van der Waals surface area (Å²) >= 11 is 5.92. The molecule has 0 aliphatic carbocycles. The SMILES string of the molecule is FC(F)(F)c1cccc(NCCOc2ccccc2Cl)c1. The zero-order valence-electron chi connectivity index (χ0n) is 11.0. The molecule has 0 aliphatic heterocycles. The van der Waals surface area contributed by atoms with Crippen molar-refractivity contribution in [1.29, 1.82) is 0 Å². The maximum absolute atomic E-state index is 12.6. The van der Waals surface area contributed by atoms with Gasteiger partial charge in [-0.1, -0.05) is 29.8 Å². The summed E-state index contributed by atoms with van der Waals surface area (Å²) in [5.41, 5.74) is -0.285. The van der Waals surface area contributed by atoms with Gasteiger partial charge in [0.1, 0.15) is 12.4 Å². The van der Waals surface area contributed by atoms with Crippen LogP contribution in [0.5, 0.6) is 5.75 Å². The van der Waals surface area contributed by atoms with Gasteiger partial charge in [0.2, 0.25) is 0 Å². The molecule has 0 aliphatic rings. The van der Waals surface area contributed by atoms with Crippen molar-refractivity contribution in [3.63, 3.8) is 0 Å². The Morgan fingerprint density at radius 2 is 1.81 bits per heavy atom. The number of hydrogen-bond donors (Lipinski definition) is 1. The van der Waals surface area contributed by atoms with E-state index in [4.69, 9.17) is 16.3 Å². The number of nitrogens with one attached hydrogen (secondary N) is 1. The van der Waals surface area contributed by atoms with Gasteiger partial charge in [0.25, 0.3) is 0 Å². The molecule has 1 N–H and O–H groups in total. The Bertz CT molecular complexity index is 601. The van der Waals surface area contributed by atoms with E-state index in [1.807, 2.05) is 0 Å². The molecule has 0 radical (unpaired) electrons. The fraction of sp³-hybridized carbons (Fsp3) is 0.200. The van der Waals surface area contributed by atoms with E-state index >= 15 is 0 Å². The third-order valence-electron chi connectivity index (χ3n) is 2.72. The molecule has 2 nitrogen and oxygen atoms in total. The van der Waals surface area contributed by atoms with E-state index in [1.165, 1.54) is 6.07 Å². The summed E-state index contributed by atoms with van der Waals surface area (Å²) in [6.07, 6.45) is -4.34. The second kappa shape index (κ2) is 6.72. The number of alkyl halides is 3. The van der Waals surface area contributed by atoms with E-state index in [2.05, 4.69) is 5.32 Å². The zero-order valence-corrected chi connectivity index (χ0v) is 11.7. The lowest BCUT2D eigenvalue weighted by molar-refractivity contribution is -0.137. The largest absolute Gasteiger partial charge is 0.490 e. The average molecular weight is 316 g/mol. The van der Waals surface area contributed by atoms with Crippen LogP contribution in [0.3, 0.4) is 0 Å². The van der Waals surface area contributed by atoms with E-state index in [1.54, 1.807) is 30.3 Å². The van der Waals surface area contributed by atoms with Crippen LogP contribution >= 0.6 is 11.6 Å². The topological polar surface area (TPSA) is 21.3 Å². The molecule has 0 spiro atoms. The molecule has 0 fully saturated rings. The number of benzene rings is 2. The predicted octanol–water partition coefficient (Wildman–Crippen LogP) is 4.85. The Morgan fingerprint density at radius 3 is 2.52 bits per heavy atom. The van der Waals surface area contributed by atoms with Crippen molar-refractivity contribution in [3.8, 4) is 5.75 Å². The molecule has 2 aromatic rings. The summed E-state index contributed by atoms with van der Waals surface area (Å²) in [7, 11) is 0. The van der Waals surface area contributed by atoms with Gasteiger partial charge in [-0.15, -0.1) is 0 Å². The first-order chi connectivity index (χ1) is 9.97. The summed E-state index contributed by atoms with van der Waals surface area (Å²) in [5.74, 6) is 0.546. The van der Waals surface area contributed by atoms with Crippen LogP contribution in [0.1, 0.15) is 5.56 Å². The van der Waals surface area contributed by atoms with Gasteiger partial charge in [0, 0.05) is 12.2 Å². The van der Waals surface area contributed by atoms with Crippen molar-refractivity contribution >= 4 is 17.3 Å². The molecule has 0 heterocycles. The molecule has 0 unspecified atom stereocenters. The Hall–Kier alpha value is -1.88. The Kier molecular flexibility index (Phi) is 4.96. The van der Waals surface area contributed by atoms with Crippen molar-refractivity contribution in [2.24, 2.45) is 0 Å². The van der Waals surface area contributed by atoms with Crippen molar-refractivity contribution in [1.82, 2.24) is 0 Å². The zero-order chi connectivity index (χ0) is 15.3. The minimum Gasteiger partial charge on any atom is -0.490 e.